The Morgan fingerprint density at radius 3 is 2.67 bits per heavy atom. The summed E-state index contributed by atoms with van der Waals surface area (Å²) in [6.45, 7) is -0.512. The molecule has 0 saturated heterocycles. The number of hydrogen-bond acceptors (Lipinski definition) is 6. The molecule has 1 aliphatic rings. The van der Waals surface area contributed by atoms with Crippen LogP contribution >= 0.6 is 22.6 Å². The first kappa shape index (κ1) is 26.3. The van der Waals surface area contributed by atoms with Gasteiger partial charge in [-0.1, -0.05) is 6.07 Å². The molecule has 11 heteroatoms. The van der Waals surface area contributed by atoms with Crippen LogP contribution in [0.1, 0.15) is 52.8 Å². The molecule has 4 atom stereocenters. The molecule has 1 amide bonds. The number of amides is 1. The fourth-order valence-corrected chi connectivity index (χ4v) is 4.94. The molecule has 1 aromatic heterocycles. The summed E-state index contributed by atoms with van der Waals surface area (Å²) in [5.74, 6) is -2.38. The Kier molecular flexibility index (Phi) is 8.10. The van der Waals surface area contributed by atoms with E-state index in [0.29, 0.717) is 27.7 Å². The monoisotopic (exact) mass is 612 g/mol. The van der Waals surface area contributed by atoms with Gasteiger partial charge < -0.3 is 21.3 Å². The van der Waals surface area contributed by atoms with Crippen LogP contribution in [0.2, 0.25) is 0 Å². The Morgan fingerprint density at radius 1 is 1.22 bits per heavy atom. The molecule has 0 bridgehead atoms. The second-order valence-corrected chi connectivity index (χ2v) is 9.97. The molecule has 3 aromatic rings. The van der Waals surface area contributed by atoms with Crippen molar-refractivity contribution < 1.29 is 28.2 Å². The molecule has 190 valence electrons. The Morgan fingerprint density at radius 2 is 2.00 bits per heavy atom. The van der Waals surface area contributed by atoms with Crippen molar-refractivity contribution in [2.24, 2.45) is 0 Å². The molecule has 0 radical (unpaired) electrons. The first-order valence-electron chi connectivity index (χ1n) is 11.3. The number of nitrogens with two attached hydrogens (primary N) is 1. The third-order valence-corrected chi connectivity index (χ3v) is 6.86. The van der Waals surface area contributed by atoms with Crippen LogP contribution in [0.5, 0.6) is 0 Å². The summed E-state index contributed by atoms with van der Waals surface area (Å²) in [5, 5.41) is 21.9. The molecule has 7 nitrogen and oxygen atoms in total. The number of benzene rings is 2. The number of aliphatic hydroxyl groups excluding tert-OH is 2. The van der Waals surface area contributed by atoms with Crippen LogP contribution in [-0.2, 0) is 0 Å². The maximum Gasteiger partial charge on any atom is 0.254 e. The van der Waals surface area contributed by atoms with Gasteiger partial charge in [0, 0.05) is 15.1 Å². The molecule has 1 aliphatic carbocycles. The van der Waals surface area contributed by atoms with E-state index in [0.717, 1.165) is 6.07 Å². The summed E-state index contributed by atoms with van der Waals surface area (Å²) in [7, 11) is 0. The van der Waals surface area contributed by atoms with E-state index in [4.69, 9.17) is 5.73 Å². The van der Waals surface area contributed by atoms with E-state index in [-0.39, 0.29) is 35.0 Å². The lowest BCUT2D eigenvalue weighted by atomic mass is 9.84. The first-order chi connectivity index (χ1) is 17.2. The maximum atomic E-state index is 15.0. The number of carbonyl (C=O) groups is 1. The van der Waals surface area contributed by atoms with E-state index < -0.39 is 42.5 Å². The minimum atomic E-state index is -1.36. The molecular weight excluding hydrogens is 588 g/mol. The highest BCUT2D eigenvalue weighted by Crippen LogP contribution is 2.35. The van der Waals surface area contributed by atoms with Gasteiger partial charge in [0.15, 0.2) is 0 Å². The Hall–Kier alpha value is -2.77. The fourth-order valence-electron chi connectivity index (χ4n) is 4.28. The number of rotatable bonds is 6. The smallest absolute Gasteiger partial charge is 0.254 e. The van der Waals surface area contributed by atoms with E-state index >= 15 is 4.39 Å². The van der Waals surface area contributed by atoms with Crippen LogP contribution in [0.15, 0.2) is 42.6 Å². The molecule has 0 aliphatic heterocycles. The Bertz CT molecular complexity index is 1260. The topological polar surface area (TPSA) is 121 Å². The third-order valence-electron chi connectivity index (χ3n) is 6.24. The molecule has 4 rings (SSSR count). The number of aromatic nitrogens is 2. The second kappa shape index (κ2) is 11.1. The third kappa shape index (κ3) is 5.79. The van der Waals surface area contributed by atoms with E-state index in [1.807, 2.05) is 22.6 Å². The minimum Gasteiger partial charge on any atom is -0.394 e. The molecule has 5 N–H and O–H groups in total. The number of halogens is 4. The number of anilines is 1. The van der Waals surface area contributed by atoms with Crippen LogP contribution in [0.4, 0.5) is 19.0 Å². The largest absolute Gasteiger partial charge is 0.394 e. The number of alkyl halides is 1. The highest BCUT2D eigenvalue weighted by Gasteiger charge is 2.31. The number of nitrogen functional groups attached to an aromatic ring is 1. The molecule has 1 fully saturated rings. The van der Waals surface area contributed by atoms with Gasteiger partial charge in [0.05, 0.1) is 36.2 Å². The minimum absolute atomic E-state index is 0.0454. The number of carbonyl (C=O) groups excluding carboxylic acids is 1. The van der Waals surface area contributed by atoms with E-state index in [1.54, 1.807) is 6.07 Å². The number of nitrogens with zero attached hydrogens (tertiary/aromatic N) is 2. The summed E-state index contributed by atoms with van der Waals surface area (Å²) in [6, 6.07) is 6.98. The van der Waals surface area contributed by atoms with Gasteiger partial charge in [0.1, 0.15) is 29.3 Å². The summed E-state index contributed by atoms with van der Waals surface area (Å²) in [6.07, 6.45) is 0.0295. The molecule has 2 aromatic carbocycles. The lowest BCUT2D eigenvalue weighted by Gasteiger charge is -2.28. The van der Waals surface area contributed by atoms with E-state index in [9.17, 15) is 23.8 Å². The second-order valence-electron chi connectivity index (χ2n) is 8.73. The van der Waals surface area contributed by atoms with E-state index in [1.165, 1.54) is 30.5 Å². The predicted octanol–water partition coefficient (Wildman–Crippen LogP) is 4.04. The number of nitrogens with one attached hydrogen (secondary N) is 1. The summed E-state index contributed by atoms with van der Waals surface area (Å²) < 4.78 is 43.4. The van der Waals surface area contributed by atoms with Crippen molar-refractivity contribution in [3.63, 3.8) is 0 Å². The van der Waals surface area contributed by atoms with E-state index in [2.05, 4.69) is 15.3 Å². The predicted molar refractivity (Wildman–Crippen MR) is 136 cm³/mol. The van der Waals surface area contributed by atoms with Crippen molar-refractivity contribution in [3.8, 4) is 11.3 Å². The average Bonchev–Trinajstić information content (AvgIpc) is 2.83. The fraction of sp³-hybridized carbons (Fsp3) is 0.320. The van der Waals surface area contributed by atoms with Gasteiger partial charge in [0.25, 0.3) is 5.91 Å². The van der Waals surface area contributed by atoms with Gasteiger partial charge in [-0.25, -0.2) is 23.1 Å². The number of aliphatic hydroxyl groups is 2. The lowest BCUT2D eigenvalue weighted by Crippen LogP contribution is -2.31. The summed E-state index contributed by atoms with van der Waals surface area (Å²) in [4.78, 5) is 21.4. The molecular formula is C25H24F3IN4O3. The zero-order valence-corrected chi connectivity index (χ0v) is 21.1. The van der Waals surface area contributed by atoms with Crippen LogP contribution in [0, 0.1) is 15.2 Å². The molecule has 1 heterocycles. The van der Waals surface area contributed by atoms with Gasteiger partial charge in [0.2, 0.25) is 0 Å². The van der Waals surface area contributed by atoms with Gasteiger partial charge >= 0.3 is 0 Å². The van der Waals surface area contributed by atoms with Crippen LogP contribution in [-0.4, -0.2) is 45.0 Å². The van der Waals surface area contributed by atoms with Crippen LogP contribution in [0.3, 0.4) is 0 Å². The van der Waals surface area contributed by atoms with Crippen molar-refractivity contribution in [2.45, 2.75) is 43.5 Å². The Balaban J connectivity index is 1.56. The zero-order chi connectivity index (χ0) is 26.0. The van der Waals surface area contributed by atoms with Gasteiger partial charge in [-0.2, -0.15) is 0 Å². The van der Waals surface area contributed by atoms with Crippen molar-refractivity contribution in [1.82, 2.24) is 15.3 Å². The highest BCUT2D eigenvalue weighted by atomic mass is 127. The highest BCUT2D eigenvalue weighted by molar-refractivity contribution is 14.1. The Labute approximate surface area is 219 Å². The zero-order valence-electron chi connectivity index (χ0n) is 19.0. The van der Waals surface area contributed by atoms with Gasteiger partial charge in [-0.3, -0.25) is 4.79 Å². The average molecular weight is 612 g/mol. The maximum absolute atomic E-state index is 15.0. The molecule has 1 saturated carbocycles. The lowest BCUT2D eigenvalue weighted by molar-refractivity contribution is 0.0363. The van der Waals surface area contributed by atoms with Gasteiger partial charge in [-0.15, -0.1) is 0 Å². The van der Waals surface area contributed by atoms with Crippen LogP contribution in [0.25, 0.3) is 11.3 Å². The number of hydrogen-bond donors (Lipinski definition) is 4. The SMILES string of the molecule is Nc1ncc([C@@H]2CC[C@@H](O)[C@H](F)C2)nc1-c1ccc(C(=O)N[C@H](CO)c2cc(F)cc(I)c2)c(F)c1. The molecule has 36 heavy (non-hydrogen) atoms. The van der Waals surface area contributed by atoms with Crippen molar-refractivity contribution in [3.05, 3.63) is 74.6 Å². The summed E-state index contributed by atoms with van der Waals surface area (Å²) in [5.41, 5.74) is 7.00. The first-order valence-corrected chi connectivity index (χ1v) is 12.4. The quantitative estimate of drug-likeness (QED) is 0.312. The molecule has 0 spiro atoms. The van der Waals surface area contributed by atoms with Crippen molar-refractivity contribution in [1.29, 1.82) is 0 Å². The van der Waals surface area contributed by atoms with Crippen molar-refractivity contribution in [2.75, 3.05) is 12.3 Å². The normalized spacial score (nSPS) is 20.7. The van der Waals surface area contributed by atoms with Crippen molar-refractivity contribution >= 4 is 34.3 Å². The van der Waals surface area contributed by atoms with Crippen LogP contribution < -0.4 is 11.1 Å². The van der Waals surface area contributed by atoms with Gasteiger partial charge in [-0.05, 0) is 77.7 Å². The molecule has 0 unspecified atom stereocenters. The standard InChI is InChI=1S/C25H24F3IN4O3/c26-15-5-14(6-16(29)9-15)21(11-34)33-25(36)17-3-1-13(8-18(17)27)23-24(30)31-10-20(32-23)12-2-4-22(35)19(28)7-12/h1,3,5-6,8-10,12,19,21-22,34-35H,2,4,7,11H2,(H2,30,31)(H,33,36)/t12-,19-,21-,22-/m1/s1. The summed E-state index contributed by atoms with van der Waals surface area (Å²) >= 11 is 1.92.